The number of aryl methyl sites for hydroxylation is 1. The highest BCUT2D eigenvalue weighted by Crippen LogP contribution is 2.35. The zero-order valence-corrected chi connectivity index (χ0v) is 18.2. The number of amides is 1. The number of furan rings is 1. The van der Waals surface area contributed by atoms with Crippen LogP contribution in [0, 0.1) is 6.92 Å². The molecule has 1 aromatic carbocycles. The standard InChI is InChI=1S/C22H18N4O3S2/c1-14-6-8-15(9-7-14)21-23-24-22(29-21)31-13-20(27)26-17(18-4-2-10-28-18)12-16(25-26)19-5-3-11-30-19/h2-11,17H,12-13H2,1H3. The van der Waals surface area contributed by atoms with Gasteiger partial charge in [-0.25, -0.2) is 5.01 Å². The molecule has 1 unspecified atom stereocenters. The van der Waals surface area contributed by atoms with Gasteiger partial charge in [-0.3, -0.25) is 4.79 Å². The Labute approximate surface area is 186 Å². The van der Waals surface area contributed by atoms with Gasteiger partial charge >= 0.3 is 0 Å². The first-order valence-corrected chi connectivity index (χ1v) is 11.5. The van der Waals surface area contributed by atoms with Gasteiger partial charge < -0.3 is 8.83 Å². The van der Waals surface area contributed by atoms with Crippen molar-refractivity contribution in [1.29, 1.82) is 0 Å². The molecule has 0 fully saturated rings. The zero-order valence-electron chi connectivity index (χ0n) is 16.6. The average molecular weight is 451 g/mol. The highest BCUT2D eigenvalue weighted by molar-refractivity contribution is 7.99. The largest absolute Gasteiger partial charge is 0.467 e. The van der Waals surface area contributed by atoms with E-state index in [9.17, 15) is 4.79 Å². The molecule has 7 nitrogen and oxygen atoms in total. The highest BCUT2D eigenvalue weighted by Gasteiger charge is 2.35. The van der Waals surface area contributed by atoms with Crippen LogP contribution in [-0.4, -0.2) is 32.6 Å². The third-order valence-corrected chi connectivity index (χ3v) is 6.59. The molecule has 0 radical (unpaired) electrons. The summed E-state index contributed by atoms with van der Waals surface area (Å²) in [4.78, 5) is 14.1. The lowest BCUT2D eigenvalue weighted by Gasteiger charge is -2.19. The third kappa shape index (κ3) is 4.19. The van der Waals surface area contributed by atoms with Crippen LogP contribution in [-0.2, 0) is 4.79 Å². The summed E-state index contributed by atoms with van der Waals surface area (Å²) >= 11 is 2.81. The molecular weight excluding hydrogens is 432 g/mol. The maximum atomic E-state index is 13.0. The number of carbonyl (C=O) groups is 1. The summed E-state index contributed by atoms with van der Waals surface area (Å²) in [6, 6.07) is 15.3. The number of hydrogen-bond acceptors (Lipinski definition) is 8. The molecule has 0 N–H and O–H groups in total. The minimum atomic E-state index is -0.258. The molecule has 0 saturated carbocycles. The van der Waals surface area contributed by atoms with Gasteiger partial charge in [0.05, 0.1) is 22.6 Å². The number of aromatic nitrogens is 2. The fourth-order valence-electron chi connectivity index (χ4n) is 3.30. The summed E-state index contributed by atoms with van der Waals surface area (Å²) in [7, 11) is 0. The second kappa shape index (κ2) is 8.52. The molecule has 4 heterocycles. The molecule has 1 amide bonds. The van der Waals surface area contributed by atoms with Gasteiger partial charge in [-0.15, -0.1) is 21.5 Å². The van der Waals surface area contributed by atoms with Crippen LogP contribution < -0.4 is 0 Å². The first-order valence-electron chi connectivity index (χ1n) is 9.67. The summed E-state index contributed by atoms with van der Waals surface area (Å²) in [5, 5.41) is 16.6. The Hall–Kier alpha value is -3.17. The fourth-order valence-corrected chi connectivity index (χ4v) is 4.64. The van der Waals surface area contributed by atoms with E-state index >= 15 is 0 Å². The Morgan fingerprint density at radius 2 is 2.06 bits per heavy atom. The highest BCUT2D eigenvalue weighted by atomic mass is 32.2. The van der Waals surface area contributed by atoms with Crippen molar-refractivity contribution < 1.29 is 13.6 Å². The van der Waals surface area contributed by atoms with E-state index in [1.54, 1.807) is 17.6 Å². The fraction of sp³-hybridized carbons (Fsp3) is 0.182. The second-order valence-electron chi connectivity index (χ2n) is 7.03. The first kappa shape index (κ1) is 19.8. The van der Waals surface area contributed by atoms with Crippen molar-refractivity contribution in [3.63, 3.8) is 0 Å². The van der Waals surface area contributed by atoms with E-state index in [1.165, 1.54) is 16.8 Å². The van der Waals surface area contributed by atoms with Gasteiger partial charge in [0.15, 0.2) is 0 Å². The van der Waals surface area contributed by atoms with Crippen molar-refractivity contribution >= 4 is 34.7 Å². The summed E-state index contributed by atoms with van der Waals surface area (Å²) in [6.07, 6.45) is 2.23. The van der Waals surface area contributed by atoms with Crippen molar-refractivity contribution in [2.75, 3.05) is 5.75 Å². The summed E-state index contributed by atoms with van der Waals surface area (Å²) < 4.78 is 11.3. The van der Waals surface area contributed by atoms with Crippen molar-refractivity contribution in [1.82, 2.24) is 15.2 Å². The Kier molecular flexibility index (Phi) is 5.44. The number of nitrogens with zero attached hydrogens (tertiary/aromatic N) is 4. The Balaban J connectivity index is 1.30. The monoisotopic (exact) mass is 450 g/mol. The second-order valence-corrected chi connectivity index (χ2v) is 8.90. The number of hydrazone groups is 1. The third-order valence-electron chi connectivity index (χ3n) is 4.87. The summed E-state index contributed by atoms with van der Waals surface area (Å²) in [6.45, 7) is 2.02. The maximum Gasteiger partial charge on any atom is 0.277 e. The lowest BCUT2D eigenvalue weighted by atomic mass is 10.1. The SMILES string of the molecule is Cc1ccc(-c2nnc(SCC(=O)N3N=C(c4cccs4)CC3c3ccco3)o2)cc1. The van der Waals surface area contributed by atoms with Crippen LogP contribution >= 0.6 is 23.1 Å². The summed E-state index contributed by atoms with van der Waals surface area (Å²) in [5.41, 5.74) is 2.88. The van der Waals surface area contributed by atoms with E-state index in [4.69, 9.17) is 8.83 Å². The minimum Gasteiger partial charge on any atom is -0.467 e. The molecule has 4 aromatic rings. The molecule has 156 valence electrons. The molecular formula is C22H18N4O3S2. The van der Waals surface area contributed by atoms with Crippen LogP contribution in [0.1, 0.15) is 28.7 Å². The quantitative estimate of drug-likeness (QED) is 0.377. The van der Waals surface area contributed by atoms with Crippen LogP contribution in [0.25, 0.3) is 11.5 Å². The molecule has 0 spiro atoms. The van der Waals surface area contributed by atoms with Crippen LogP contribution in [0.4, 0.5) is 0 Å². The number of carbonyl (C=O) groups excluding carboxylic acids is 1. The Morgan fingerprint density at radius 3 is 2.81 bits per heavy atom. The number of rotatable bonds is 6. The van der Waals surface area contributed by atoms with Gasteiger partial charge in [0.2, 0.25) is 5.89 Å². The minimum absolute atomic E-state index is 0.133. The topological polar surface area (TPSA) is 84.7 Å². The van der Waals surface area contributed by atoms with Crippen LogP contribution in [0.15, 0.2) is 79.3 Å². The Morgan fingerprint density at radius 1 is 1.19 bits per heavy atom. The molecule has 0 saturated heterocycles. The summed E-state index contributed by atoms with van der Waals surface area (Å²) in [5.74, 6) is 1.14. The molecule has 5 rings (SSSR count). The van der Waals surface area contributed by atoms with E-state index in [-0.39, 0.29) is 17.7 Å². The van der Waals surface area contributed by atoms with Crippen LogP contribution in [0.2, 0.25) is 0 Å². The average Bonchev–Trinajstić information content (AvgIpc) is 3.58. The van der Waals surface area contributed by atoms with Crippen molar-refractivity contribution in [3.8, 4) is 11.5 Å². The number of thiophene rings is 1. The van der Waals surface area contributed by atoms with Gasteiger partial charge in [-0.05, 0) is 42.6 Å². The molecule has 1 aliphatic rings. The van der Waals surface area contributed by atoms with E-state index < -0.39 is 0 Å². The van der Waals surface area contributed by atoms with E-state index in [2.05, 4.69) is 15.3 Å². The normalized spacial score (nSPS) is 16.0. The molecule has 31 heavy (non-hydrogen) atoms. The molecule has 0 aliphatic carbocycles. The van der Waals surface area contributed by atoms with E-state index in [0.29, 0.717) is 23.3 Å². The Bertz CT molecular complexity index is 1200. The van der Waals surface area contributed by atoms with E-state index in [0.717, 1.165) is 21.7 Å². The van der Waals surface area contributed by atoms with Crippen LogP contribution in [0.5, 0.6) is 0 Å². The first-order chi connectivity index (χ1) is 15.2. The van der Waals surface area contributed by atoms with Gasteiger partial charge in [-0.2, -0.15) is 5.10 Å². The van der Waals surface area contributed by atoms with E-state index in [1.807, 2.05) is 60.8 Å². The van der Waals surface area contributed by atoms with Gasteiger partial charge in [0.25, 0.3) is 11.1 Å². The van der Waals surface area contributed by atoms with Crippen LogP contribution in [0.3, 0.4) is 0 Å². The van der Waals surface area contributed by atoms with Gasteiger partial charge in [0.1, 0.15) is 11.8 Å². The molecule has 1 aliphatic heterocycles. The van der Waals surface area contributed by atoms with Gasteiger partial charge in [0, 0.05) is 12.0 Å². The molecule has 0 bridgehead atoms. The predicted octanol–water partition coefficient (Wildman–Crippen LogP) is 5.17. The van der Waals surface area contributed by atoms with Gasteiger partial charge in [-0.1, -0.05) is 35.5 Å². The van der Waals surface area contributed by atoms with Crippen molar-refractivity contribution in [3.05, 3.63) is 76.4 Å². The maximum absolute atomic E-state index is 13.0. The molecule has 9 heteroatoms. The predicted molar refractivity (Wildman–Crippen MR) is 119 cm³/mol. The molecule has 3 aromatic heterocycles. The number of hydrogen-bond donors (Lipinski definition) is 0. The lowest BCUT2D eigenvalue weighted by Crippen LogP contribution is -2.28. The zero-order chi connectivity index (χ0) is 21.2. The van der Waals surface area contributed by atoms with Crippen molar-refractivity contribution in [2.24, 2.45) is 5.10 Å². The molecule has 1 atom stereocenters. The lowest BCUT2D eigenvalue weighted by molar-refractivity contribution is -0.130. The smallest absolute Gasteiger partial charge is 0.277 e. The number of thioether (sulfide) groups is 1. The number of benzene rings is 1. The van der Waals surface area contributed by atoms with Crippen molar-refractivity contribution in [2.45, 2.75) is 24.6 Å².